The van der Waals surface area contributed by atoms with Gasteiger partial charge in [0.05, 0.1) is 23.3 Å². The van der Waals surface area contributed by atoms with Gasteiger partial charge in [-0.3, -0.25) is 0 Å². The van der Waals surface area contributed by atoms with E-state index in [0.29, 0.717) is 21.4 Å². The lowest BCUT2D eigenvalue weighted by atomic mass is 9.91. The molecule has 1 N–H and O–H groups in total. The van der Waals surface area contributed by atoms with E-state index in [0.717, 1.165) is 12.8 Å². The van der Waals surface area contributed by atoms with Gasteiger partial charge in [-0.15, -0.1) is 0 Å². The molecule has 17 heavy (non-hydrogen) atoms. The first-order chi connectivity index (χ1) is 8.04. The summed E-state index contributed by atoms with van der Waals surface area (Å²) in [4.78, 5) is 0. The molecule has 0 saturated carbocycles. The zero-order chi connectivity index (χ0) is 13.0. The molecule has 0 radical (unpaired) electrons. The van der Waals surface area contributed by atoms with Gasteiger partial charge in [0.2, 0.25) is 0 Å². The van der Waals surface area contributed by atoms with Crippen molar-refractivity contribution in [3.05, 3.63) is 27.7 Å². The Morgan fingerprint density at radius 2 is 1.76 bits per heavy atom. The van der Waals surface area contributed by atoms with Crippen molar-refractivity contribution in [1.82, 2.24) is 0 Å². The van der Waals surface area contributed by atoms with E-state index < -0.39 is 6.10 Å². The fraction of sp³-hybridized carbons (Fsp3) is 0.538. The van der Waals surface area contributed by atoms with Gasteiger partial charge in [0, 0.05) is 11.6 Å². The third kappa shape index (κ3) is 3.27. The SMILES string of the molecule is CCC(CC)C(O)c1cc(Cl)c(OC)cc1Cl. The van der Waals surface area contributed by atoms with Gasteiger partial charge in [-0.1, -0.05) is 49.9 Å². The van der Waals surface area contributed by atoms with Gasteiger partial charge in [-0.2, -0.15) is 0 Å². The molecule has 0 saturated heterocycles. The summed E-state index contributed by atoms with van der Waals surface area (Å²) in [6.45, 7) is 4.10. The van der Waals surface area contributed by atoms with Crippen LogP contribution in [-0.2, 0) is 0 Å². The van der Waals surface area contributed by atoms with Gasteiger partial charge in [0.25, 0.3) is 0 Å². The van der Waals surface area contributed by atoms with Gasteiger partial charge in [0.1, 0.15) is 5.75 Å². The van der Waals surface area contributed by atoms with Crippen LogP contribution in [0, 0.1) is 5.92 Å². The predicted octanol–water partition coefficient (Wildman–Crippen LogP) is 4.47. The van der Waals surface area contributed by atoms with Crippen LogP contribution < -0.4 is 4.74 Å². The molecule has 0 aliphatic rings. The summed E-state index contributed by atoms with van der Waals surface area (Å²) in [6.07, 6.45) is 1.22. The number of methoxy groups -OCH3 is 1. The summed E-state index contributed by atoms with van der Waals surface area (Å²) in [6, 6.07) is 3.33. The van der Waals surface area contributed by atoms with Gasteiger partial charge in [0.15, 0.2) is 0 Å². The molecule has 1 aromatic carbocycles. The maximum atomic E-state index is 10.3. The van der Waals surface area contributed by atoms with E-state index in [2.05, 4.69) is 13.8 Å². The van der Waals surface area contributed by atoms with Crippen molar-refractivity contribution in [3.8, 4) is 5.75 Å². The van der Waals surface area contributed by atoms with Crippen molar-refractivity contribution in [3.63, 3.8) is 0 Å². The second-order valence-corrected chi connectivity index (χ2v) is 4.84. The third-order valence-electron chi connectivity index (χ3n) is 3.09. The fourth-order valence-electron chi connectivity index (χ4n) is 1.92. The summed E-state index contributed by atoms with van der Waals surface area (Å²) in [5.41, 5.74) is 0.672. The van der Waals surface area contributed by atoms with Gasteiger partial charge in [-0.05, 0) is 12.0 Å². The van der Waals surface area contributed by atoms with Crippen molar-refractivity contribution in [2.45, 2.75) is 32.8 Å². The second kappa shape index (κ2) is 6.48. The molecule has 1 rings (SSSR count). The highest BCUT2D eigenvalue weighted by Gasteiger charge is 2.21. The van der Waals surface area contributed by atoms with Gasteiger partial charge < -0.3 is 9.84 Å². The minimum Gasteiger partial charge on any atom is -0.495 e. The normalized spacial score (nSPS) is 12.9. The minimum atomic E-state index is -0.582. The first kappa shape index (κ1) is 14.6. The number of aliphatic hydroxyl groups is 1. The van der Waals surface area contributed by atoms with Crippen LogP contribution in [0.25, 0.3) is 0 Å². The summed E-state index contributed by atoms with van der Waals surface area (Å²) >= 11 is 12.2. The maximum absolute atomic E-state index is 10.3. The molecule has 2 nitrogen and oxygen atoms in total. The molecule has 0 amide bonds. The summed E-state index contributed by atoms with van der Waals surface area (Å²) < 4.78 is 5.08. The zero-order valence-electron chi connectivity index (χ0n) is 10.3. The van der Waals surface area contributed by atoms with Crippen LogP contribution in [0.3, 0.4) is 0 Å². The average Bonchev–Trinajstić information content (AvgIpc) is 2.32. The first-order valence-electron chi connectivity index (χ1n) is 5.76. The molecule has 0 aliphatic heterocycles. The predicted molar refractivity (Wildman–Crippen MR) is 72.0 cm³/mol. The molecule has 0 bridgehead atoms. The van der Waals surface area contributed by atoms with Crippen LogP contribution in [-0.4, -0.2) is 12.2 Å². The van der Waals surface area contributed by atoms with E-state index >= 15 is 0 Å². The Hall–Kier alpha value is -0.440. The van der Waals surface area contributed by atoms with Crippen molar-refractivity contribution >= 4 is 23.2 Å². The smallest absolute Gasteiger partial charge is 0.138 e. The topological polar surface area (TPSA) is 29.5 Å². The molecule has 0 heterocycles. The molecular formula is C13H18Cl2O2. The number of rotatable bonds is 5. The molecule has 1 atom stereocenters. The van der Waals surface area contributed by atoms with Crippen LogP contribution in [0.2, 0.25) is 10.0 Å². The van der Waals surface area contributed by atoms with Crippen molar-refractivity contribution in [2.75, 3.05) is 7.11 Å². The number of ether oxygens (including phenoxy) is 1. The monoisotopic (exact) mass is 276 g/mol. The quantitative estimate of drug-likeness (QED) is 0.860. The third-order valence-corrected chi connectivity index (χ3v) is 3.71. The lowest BCUT2D eigenvalue weighted by Crippen LogP contribution is -2.11. The number of hydrogen-bond donors (Lipinski definition) is 1. The van der Waals surface area contributed by atoms with Crippen LogP contribution >= 0.6 is 23.2 Å². The number of halogens is 2. The molecule has 0 aromatic heterocycles. The Balaban J connectivity index is 3.09. The highest BCUT2D eigenvalue weighted by Crippen LogP contribution is 2.37. The van der Waals surface area contributed by atoms with Crippen molar-refractivity contribution in [1.29, 1.82) is 0 Å². The Labute approximate surface area is 113 Å². The molecule has 96 valence electrons. The average molecular weight is 277 g/mol. The highest BCUT2D eigenvalue weighted by molar-refractivity contribution is 6.34. The zero-order valence-corrected chi connectivity index (χ0v) is 11.8. The Bertz CT molecular complexity index is 376. The van der Waals surface area contributed by atoms with E-state index in [1.54, 1.807) is 12.1 Å². The second-order valence-electron chi connectivity index (χ2n) is 4.03. The standard InChI is InChI=1S/C13H18Cl2O2/c1-4-8(5-2)13(16)9-6-11(15)12(17-3)7-10(9)14/h6-8,13,16H,4-5H2,1-3H3. The van der Waals surface area contributed by atoms with E-state index in [9.17, 15) is 5.11 Å². The Kier molecular flexibility index (Phi) is 5.57. The largest absolute Gasteiger partial charge is 0.495 e. The van der Waals surface area contributed by atoms with Gasteiger partial charge >= 0.3 is 0 Å². The molecule has 0 fully saturated rings. The van der Waals surface area contributed by atoms with E-state index in [-0.39, 0.29) is 5.92 Å². The summed E-state index contributed by atoms with van der Waals surface area (Å²) in [7, 11) is 1.54. The van der Waals surface area contributed by atoms with E-state index in [1.807, 2.05) is 0 Å². The minimum absolute atomic E-state index is 0.192. The van der Waals surface area contributed by atoms with Crippen molar-refractivity contribution in [2.24, 2.45) is 5.92 Å². The van der Waals surface area contributed by atoms with Crippen molar-refractivity contribution < 1.29 is 9.84 Å². The van der Waals surface area contributed by atoms with Crippen LogP contribution in [0.15, 0.2) is 12.1 Å². The van der Waals surface area contributed by atoms with Crippen LogP contribution in [0.4, 0.5) is 0 Å². The Morgan fingerprint density at radius 3 is 2.24 bits per heavy atom. The number of benzene rings is 1. The number of aliphatic hydroxyl groups excluding tert-OH is 1. The molecule has 4 heteroatoms. The highest BCUT2D eigenvalue weighted by atomic mass is 35.5. The maximum Gasteiger partial charge on any atom is 0.138 e. The molecule has 1 aromatic rings. The van der Waals surface area contributed by atoms with Crippen LogP contribution in [0.1, 0.15) is 38.4 Å². The first-order valence-corrected chi connectivity index (χ1v) is 6.51. The summed E-state index contributed by atoms with van der Waals surface area (Å²) in [5, 5.41) is 11.2. The lowest BCUT2D eigenvalue weighted by Gasteiger charge is -2.22. The fourth-order valence-corrected chi connectivity index (χ4v) is 2.43. The van der Waals surface area contributed by atoms with Crippen LogP contribution in [0.5, 0.6) is 5.75 Å². The van der Waals surface area contributed by atoms with E-state index in [4.69, 9.17) is 27.9 Å². The molecule has 0 aliphatic carbocycles. The summed E-state index contributed by atoms with van der Waals surface area (Å²) in [5.74, 6) is 0.717. The van der Waals surface area contributed by atoms with Gasteiger partial charge in [-0.25, -0.2) is 0 Å². The van der Waals surface area contributed by atoms with E-state index in [1.165, 1.54) is 7.11 Å². The molecular weight excluding hydrogens is 259 g/mol. The molecule has 0 spiro atoms. The molecule has 1 unspecified atom stereocenters. The number of hydrogen-bond acceptors (Lipinski definition) is 2. The Morgan fingerprint density at radius 1 is 1.18 bits per heavy atom. The lowest BCUT2D eigenvalue weighted by molar-refractivity contribution is 0.103.